The SMILES string of the molecule is CC(C)c1ccc2c(c1)C1(CC2)CNCCO1. The molecule has 0 radical (unpaired) electrons. The second-order valence-electron chi connectivity index (χ2n) is 5.59. The molecule has 1 aromatic rings. The van der Waals surface area contributed by atoms with Crippen LogP contribution in [0.15, 0.2) is 18.2 Å². The minimum Gasteiger partial charge on any atom is -0.368 e. The van der Waals surface area contributed by atoms with Crippen LogP contribution in [-0.2, 0) is 16.8 Å². The number of morpholine rings is 1. The third-order valence-corrected chi connectivity index (χ3v) is 4.16. The Bertz CT molecular complexity index is 413. The van der Waals surface area contributed by atoms with E-state index in [1.54, 1.807) is 0 Å². The van der Waals surface area contributed by atoms with Gasteiger partial charge in [0.05, 0.1) is 6.61 Å². The van der Waals surface area contributed by atoms with Crippen LogP contribution in [0.25, 0.3) is 0 Å². The number of ether oxygens (including phenoxy) is 1. The summed E-state index contributed by atoms with van der Waals surface area (Å²) in [4.78, 5) is 0. The Balaban J connectivity index is 2.02. The number of rotatable bonds is 1. The first kappa shape index (κ1) is 11.2. The molecule has 1 aliphatic heterocycles. The Morgan fingerprint density at radius 2 is 2.24 bits per heavy atom. The minimum absolute atomic E-state index is 0.0293. The lowest BCUT2D eigenvalue weighted by atomic mass is 9.91. The highest BCUT2D eigenvalue weighted by molar-refractivity contribution is 5.42. The van der Waals surface area contributed by atoms with Crippen molar-refractivity contribution in [2.75, 3.05) is 19.7 Å². The average Bonchev–Trinajstić information content (AvgIpc) is 2.69. The quantitative estimate of drug-likeness (QED) is 0.802. The Hall–Kier alpha value is -0.860. The monoisotopic (exact) mass is 231 g/mol. The Morgan fingerprint density at radius 3 is 2.94 bits per heavy atom. The van der Waals surface area contributed by atoms with Crippen molar-refractivity contribution >= 4 is 0 Å². The molecule has 1 N–H and O–H groups in total. The second kappa shape index (κ2) is 4.11. The lowest BCUT2D eigenvalue weighted by molar-refractivity contribution is -0.0695. The van der Waals surface area contributed by atoms with Gasteiger partial charge in [0, 0.05) is 13.1 Å². The van der Waals surface area contributed by atoms with Crippen molar-refractivity contribution in [2.45, 2.75) is 38.2 Å². The predicted molar refractivity (Wildman–Crippen MR) is 69.4 cm³/mol. The molecule has 1 heterocycles. The zero-order valence-electron chi connectivity index (χ0n) is 10.8. The maximum atomic E-state index is 6.13. The number of benzene rings is 1. The van der Waals surface area contributed by atoms with Gasteiger partial charge in [-0.3, -0.25) is 0 Å². The Morgan fingerprint density at radius 1 is 1.35 bits per heavy atom. The van der Waals surface area contributed by atoms with Gasteiger partial charge in [-0.2, -0.15) is 0 Å². The van der Waals surface area contributed by atoms with E-state index in [9.17, 15) is 0 Å². The number of hydrogen-bond acceptors (Lipinski definition) is 2. The van der Waals surface area contributed by atoms with Gasteiger partial charge in [-0.25, -0.2) is 0 Å². The molecule has 0 saturated carbocycles. The fourth-order valence-electron chi connectivity index (χ4n) is 3.06. The summed E-state index contributed by atoms with van der Waals surface area (Å²) in [5.74, 6) is 0.592. The van der Waals surface area contributed by atoms with E-state index in [1.165, 1.54) is 16.7 Å². The molecule has 2 nitrogen and oxygen atoms in total. The summed E-state index contributed by atoms with van der Waals surface area (Å²) in [6.07, 6.45) is 2.30. The van der Waals surface area contributed by atoms with Crippen molar-refractivity contribution < 1.29 is 4.74 Å². The van der Waals surface area contributed by atoms with E-state index in [0.29, 0.717) is 5.92 Å². The number of hydrogen-bond donors (Lipinski definition) is 1. The molecular weight excluding hydrogens is 210 g/mol. The summed E-state index contributed by atoms with van der Waals surface area (Å²) in [7, 11) is 0. The Kier molecular flexibility index (Phi) is 2.72. The van der Waals surface area contributed by atoms with E-state index in [-0.39, 0.29) is 5.60 Å². The smallest absolute Gasteiger partial charge is 0.106 e. The lowest BCUT2D eigenvalue weighted by Crippen LogP contribution is -2.46. The summed E-state index contributed by atoms with van der Waals surface area (Å²) >= 11 is 0. The van der Waals surface area contributed by atoms with E-state index >= 15 is 0 Å². The summed E-state index contributed by atoms with van der Waals surface area (Å²) in [6.45, 7) is 7.31. The van der Waals surface area contributed by atoms with Crippen LogP contribution < -0.4 is 5.32 Å². The van der Waals surface area contributed by atoms with Crippen molar-refractivity contribution in [1.29, 1.82) is 0 Å². The summed E-state index contributed by atoms with van der Waals surface area (Å²) in [5.41, 5.74) is 4.33. The first-order valence-corrected chi connectivity index (χ1v) is 6.69. The van der Waals surface area contributed by atoms with Crippen molar-refractivity contribution in [2.24, 2.45) is 0 Å². The molecule has 1 aliphatic carbocycles. The standard InChI is InChI=1S/C15H21NO/c1-11(2)13-4-3-12-5-6-15(14(12)9-13)10-16-7-8-17-15/h3-4,9,11,16H,5-8,10H2,1-2H3. The van der Waals surface area contributed by atoms with E-state index < -0.39 is 0 Å². The van der Waals surface area contributed by atoms with Gasteiger partial charge in [-0.1, -0.05) is 32.0 Å². The van der Waals surface area contributed by atoms with Gasteiger partial charge in [-0.15, -0.1) is 0 Å². The normalized spacial score (nSPS) is 27.7. The van der Waals surface area contributed by atoms with Crippen molar-refractivity contribution in [1.82, 2.24) is 5.32 Å². The van der Waals surface area contributed by atoms with E-state index in [0.717, 1.165) is 32.5 Å². The average molecular weight is 231 g/mol. The van der Waals surface area contributed by atoms with Crippen LogP contribution in [-0.4, -0.2) is 19.7 Å². The first-order valence-electron chi connectivity index (χ1n) is 6.69. The molecule has 3 rings (SSSR count). The molecule has 1 atom stereocenters. The van der Waals surface area contributed by atoms with Gasteiger partial charge in [0.1, 0.15) is 5.60 Å². The van der Waals surface area contributed by atoms with Crippen molar-refractivity contribution in [3.05, 3.63) is 34.9 Å². The highest BCUT2D eigenvalue weighted by atomic mass is 16.5. The molecule has 2 aliphatic rings. The fourth-order valence-corrected chi connectivity index (χ4v) is 3.06. The Labute approximate surface area is 103 Å². The topological polar surface area (TPSA) is 21.3 Å². The van der Waals surface area contributed by atoms with Gasteiger partial charge in [0.25, 0.3) is 0 Å². The van der Waals surface area contributed by atoms with Crippen LogP contribution >= 0.6 is 0 Å². The van der Waals surface area contributed by atoms with Crippen LogP contribution in [0.1, 0.15) is 42.9 Å². The van der Waals surface area contributed by atoms with Gasteiger partial charge in [-0.05, 0) is 35.4 Å². The van der Waals surface area contributed by atoms with Crippen molar-refractivity contribution in [3.63, 3.8) is 0 Å². The molecule has 1 aromatic carbocycles. The zero-order valence-corrected chi connectivity index (χ0v) is 10.8. The first-order chi connectivity index (χ1) is 8.21. The maximum Gasteiger partial charge on any atom is 0.106 e. The molecular formula is C15H21NO. The molecule has 1 spiro atoms. The zero-order chi connectivity index (χ0) is 11.9. The lowest BCUT2D eigenvalue weighted by Gasteiger charge is -2.35. The highest BCUT2D eigenvalue weighted by Gasteiger charge is 2.41. The molecule has 0 amide bonds. The van der Waals surface area contributed by atoms with Crippen LogP contribution in [0.3, 0.4) is 0 Å². The van der Waals surface area contributed by atoms with Gasteiger partial charge in [0.15, 0.2) is 0 Å². The molecule has 0 aromatic heterocycles. The third-order valence-electron chi connectivity index (χ3n) is 4.16. The predicted octanol–water partition coefficient (Wildman–Crippen LogP) is 2.57. The second-order valence-corrected chi connectivity index (χ2v) is 5.59. The van der Waals surface area contributed by atoms with Crippen LogP contribution in [0.2, 0.25) is 0 Å². The molecule has 1 unspecified atom stereocenters. The van der Waals surface area contributed by atoms with Gasteiger partial charge >= 0.3 is 0 Å². The summed E-state index contributed by atoms with van der Waals surface area (Å²) in [5, 5.41) is 3.48. The minimum atomic E-state index is -0.0293. The number of aryl methyl sites for hydroxylation is 1. The molecule has 92 valence electrons. The molecule has 2 heteroatoms. The number of nitrogens with one attached hydrogen (secondary N) is 1. The molecule has 1 fully saturated rings. The maximum absolute atomic E-state index is 6.13. The van der Waals surface area contributed by atoms with Gasteiger partial charge in [0.2, 0.25) is 0 Å². The highest BCUT2D eigenvalue weighted by Crippen LogP contribution is 2.41. The van der Waals surface area contributed by atoms with E-state index in [4.69, 9.17) is 4.74 Å². The molecule has 1 saturated heterocycles. The van der Waals surface area contributed by atoms with E-state index in [2.05, 4.69) is 37.4 Å². The molecule has 17 heavy (non-hydrogen) atoms. The largest absolute Gasteiger partial charge is 0.368 e. The van der Waals surface area contributed by atoms with E-state index in [1.807, 2.05) is 0 Å². The van der Waals surface area contributed by atoms with Crippen LogP contribution in [0.5, 0.6) is 0 Å². The molecule has 0 bridgehead atoms. The van der Waals surface area contributed by atoms with Crippen LogP contribution in [0, 0.1) is 0 Å². The summed E-state index contributed by atoms with van der Waals surface area (Å²) < 4.78 is 6.13. The third kappa shape index (κ3) is 1.80. The number of fused-ring (bicyclic) bond motifs is 2. The fraction of sp³-hybridized carbons (Fsp3) is 0.600. The van der Waals surface area contributed by atoms with Gasteiger partial charge < -0.3 is 10.1 Å². The van der Waals surface area contributed by atoms with Crippen LogP contribution in [0.4, 0.5) is 0 Å². The van der Waals surface area contributed by atoms with Crippen molar-refractivity contribution in [3.8, 4) is 0 Å². The summed E-state index contributed by atoms with van der Waals surface area (Å²) in [6, 6.07) is 6.95.